The number of hydrogen-bond acceptors (Lipinski definition) is 8. The second-order valence-electron chi connectivity index (χ2n) is 8.24. The monoisotopic (exact) mass is 519 g/mol. The maximum Gasteiger partial charge on any atom is 0.338 e. The molecular formula is C27H25N3O6S. The fourth-order valence-electron chi connectivity index (χ4n) is 3.96. The van der Waals surface area contributed by atoms with Crippen molar-refractivity contribution in [2.75, 3.05) is 13.2 Å². The highest BCUT2D eigenvalue weighted by atomic mass is 32.1. The molecule has 0 saturated heterocycles. The van der Waals surface area contributed by atoms with Crippen LogP contribution >= 0.6 is 11.3 Å². The fraction of sp³-hybridized carbons (Fsp3) is 0.222. The number of fused-ring (bicyclic) bond motifs is 1. The Labute approximate surface area is 216 Å². The first-order chi connectivity index (χ1) is 17.8. The molecule has 0 fully saturated rings. The minimum Gasteiger partial charge on any atom is -0.494 e. The third-order valence-electron chi connectivity index (χ3n) is 5.62. The molecule has 37 heavy (non-hydrogen) atoms. The summed E-state index contributed by atoms with van der Waals surface area (Å²) in [5.41, 5.74) is 1.44. The molecule has 0 bridgehead atoms. The van der Waals surface area contributed by atoms with Crippen molar-refractivity contribution in [2.45, 2.75) is 26.3 Å². The van der Waals surface area contributed by atoms with Gasteiger partial charge in [0.1, 0.15) is 12.4 Å². The fourth-order valence-corrected chi connectivity index (χ4v) is 5.00. The van der Waals surface area contributed by atoms with Crippen LogP contribution in [0.15, 0.2) is 82.2 Å². The van der Waals surface area contributed by atoms with Gasteiger partial charge in [0.25, 0.3) is 11.2 Å². The highest BCUT2D eigenvalue weighted by Crippen LogP contribution is 2.31. The van der Waals surface area contributed by atoms with Crippen molar-refractivity contribution in [2.24, 2.45) is 4.99 Å². The zero-order valence-electron chi connectivity index (χ0n) is 20.4. The van der Waals surface area contributed by atoms with E-state index in [-0.39, 0.29) is 23.4 Å². The van der Waals surface area contributed by atoms with Crippen LogP contribution in [0, 0.1) is 10.1 Å². The minimum absolute atomic E-state index is 0.0172. The quantitative estimate of drug-likeness (QED) is 0.185. The van der Waals surface area contributed by atoms with Crippen molar-refractivity contribution in [1.29, 1.82) is 0 Å². The molecular weight excluding hydrogens is 494 g/mol. The number of esters is 1. The molecule has 2 aromatic carbocycles. The van der Waals surface area contributed by atoms with Gasteiger partial charge in [0.05, 0.1) is 33.4 Å². The predicted octanol–water partition coefficient (Wildman–Crippen LogP) is 3.66. The van der Waals surface area contributed by atoms with Crippen molar-refractivity contribution in [1.82, 2.24) is 4.57 Å². The summed E-state index contributed by atoms with van der Waals surface area (Å²) >= 11 is 1.15. The minimum atomic E-state index is -0.777. The van der Waals surface area contributed by atoms with Crippen LogP contribution in [0.4, 0.5) is 5.69 Å². The van der Waals surface area contributed by atoms with E-state index >= 15 is 0 Å². The Balaban J connectivity index is 1.87. The van der Waals surface area contributed by atoms with Crippen LogP contribution in [0.5, 0.6) is 5.75 Å². The molecule has 1 aliphatic rings. The Hall–Kier alpha value is -4.31. The molecule has 1 aromatic heterocycles. The van der Waals surface area contributed by atoms with Crippen molar-refractivity contribution in [3.8, 4) is 5.75 Å². The van der Waals surface area contributed by atoms with Crippen LogP contribution in [0.1, 0.15) is 37.4 Å². The van der Waals surface area contributed by atoms with E-state index in [2.05, 4.69) is 11.6 Å². The Morgan fingerprint density at radius 1 is 1.27 bits per heavy atom. The molecule has 1 unspecified atom stereocenters. The first-order valence-corrected chi connectivity index (χ1v) is 12.4. The van der Waals surface area contributed by atoms with Crippen molar-refractivity contribution >= 4 is 29.1 Å². The van der Waals surface area contributed by atoms with Gasteiger partial charge in [-0.2, -0.15) is 0 Å². The first-order valence-electron chi connectivity index (χ1n) is 11.6. The van der Waals surface area contributed by atoms with Gasteiger partial charge in [-0.1, -0.05) is 55.2 Å². The van der Waals surface area contributed by atoms with Gasteiger partial charge in [-0.25, -0.2) is 9.79 Å². The Bertz CT molecular complexity index is 1570. The van der Waals surface area contributed by atoms with Gasteiger partial charge in [0.15, 0.2) is 4.80 Å². The SMILES string of the molecule is C=CCOC(=O)C1=C(C)N=c2s/c(=C\c3cccc([N+](=O)[O-])c3)c(=O)n2C1c1ccc(OCCC)cc1. The number of nitro groups is 1. The van der Waals surface area contributed by atoms with Crippen LogP contribution in [0.25, 0.3) is 6.08 Å². The summed E-state index contributed by atoms with van der Waals surface area (Å²) in [6.07, 6.45) is 3.92. The summed E-state index contributed by atoms with van der Waals surface area (Å²) in [5, 5.41) is 11.2. The maximum absolute atomic E-state index is 13.7. The molecule has 0 aliphatic carbocycles. The summed E-state index contributed by atoms with van der Waals surface area (Å²) in [5.74, 6) is 0.0885. The second kappa shape index (κ2) is 11.2. The molecule has 0 saturated carbocycles. The number of carbonyl (C=O) groups is 1. The molecule has 9 nitrogen and oxygen atoms in total. The number of hydrogen-bond donors (Lipinski definition) is 0. The Kier molecular flexibility index (Phi) is 7.78. The average molecular weight is 520 g/mol. The van der Waals surface area contributed by atoms with Gasteiger partial charge in [-0.05, 0) is 42.7 Å². The number of rotatable bonds is 9. The van der Waals surface area contributed by atoms with Crippen LogP contribution in [-0.2, 0) is 9.53 Å². The predicted molar refractivity (Wildman–Crippen MR) is 140 cm³/mol. The topological polar surface area (TPSA) is 113 Å². The lowest BCUT2D eigenvalue weighted by Crippen LogP contribution is -2.39. The molecule has 3 aromatic rings. The Morgan fingerprint density at radius 3 is 2.70 bits per heavy atom. The van der Waals surface area contributed by atoms with Crippen LogP contribution in [0.2, 0.25) is 0 Å². The van der Waals surface area contributed by atoms with Gasteiger partial charge < -0.3 is 9.47 Å². The van der Waals surface area contributed by atoms with Crippen molar-refractivity contribution < 1.29 is 19.2 Å². The lowest BCUT2D eigenvalue weighted by molar-refractivity contribution is -0.384. The second-order valence-corrected chi connectivity index (χ2v) is 9.25. The highest BCUT2D eigenvalue weighted by Gasteiger charge is 2.33. The van der Waals surface area contributed by atoms with Crippen molar-refractivity contribution in [3.05, 3.63) is 113 Å². The molecule has 1 aliphatic heterocycles. The highest BCUT2D eigenvalue weighted by molar-refractivity contribution is 7.07. The van der Waals surface area contributed by atoms with E-state index in [1.807, 2.05) is 19.1 Å². The lowest BCUT2D eigenvalue weighted by atomic mass is 9.96. The van der Waals surface area contributed by atoms with E-state index in [9.17, 15) is 19.7 Å². The zero-order valence-corrected chi connectivity index (χ0v) is 21.2. The number of ether oxygens (including phenoxy) is 2. The largest absolute Gasteiger partial charge is 0.494 e. The zero-order chi connectivity index (χ0) is 26.5. The molecule has 0 amide bonds. The number of thiazole rings is 1. The molecule has 0 radical (unpaired) electrons. The number of benzene rings is 2. The summed E-state index contributed by atoms with van der Waals surface area (Å²) < 4.78 is 12.8. The summed E-state index contributed by atoms with van der Waals surface area (Å²) in [4.78, 5) is 42.4. The molecule has 190 valence electrons. The van der Waals surface area contributed by atoms with Gasteiger partial charge in [-0.15, -0.1) is 0 Å². The van der Waals surface area contributed by atoms with Crippen LogP contribution in [0.3, 0.4) is 0 Å². The lowest BCUT2D eigenvalue weighted by Gasteiger charge is -2.24. The molecule has 4 rings (SSSR count). The molecule has 0 spiro atoms. The number of nitrogens with zero attached hydrogens (tertiary/aromatic N) is 3. The standard InChI is InChI=1S/C27H25N3O6S/c1-4-13-35-21-11-9-19(10-12-21)24-23(26(32)36-14-5-2)17(3)28-27-29(24)25(31)22(37-27)16-18-7-6-8-20(15-18)30(33)34/h5-12,15-16,24H,2,4,13-14H2,1,3H3/b22-16-. The average Bonchev–Trinajstić information content (AvgIpc) is 3.19. The van der Waals surface area contributed by atoms with Gasteiger partial charge in [0.2, 0.25) is 0 Å². The molecule has 1 atom stereocenters. The van der Waals surface area contributed by atoms with Gasteiger partial charge >= 0.3 is 5.97 Å². The number of allylic oxidation sites excluding steroid dienone is 1. The van der Waals surface area contributed by atoms with Crippen molar-refractivity contribution in [3.63, 3.8) is 0 Å². The summed E-state index contributed by atoms with van der Waals surface area (Å²) in [6.45, 7) is 7.90. The van der Waals surface area contributed by atoms with E-state index < -0.39 is 16.9 Å². The van der Waals surface area contributed by atoms with E-state index in [0.29, 0.717) is 38.5 Å². The summed E-state index contributed by atoms with van der Waals surface area (Å²) in [6, 6.07) is 12.5. The smallest absolute Gasteiger partial charge is 0.338 e. The number of carbonyl (C=O) groups excluding carboxylic acids is 1. The maximum atomic E-state index is 13.7. The number of aromatic nitrogens is 1. The molecule has 10 heteroatoms. The molecule has 0 N–H and O–H groups in total. The van der Waals surface area contributed by atoms with Gasteiger partial charge in [0, 0.05) is 12.1 Å². The first kappa shape index (κ1) is 25.8. The van der Waals surface area contributed by atoms with E-state index in [1.165, 1.54) is 22.8 Å². The van der Waals surface area contributed by atoms with Gasteiger partial charge in [-0.3, -0.25) is 19.5 Å². The third-order valence-corrected chi connectivity index (χ3v) is 6.60. The number of nitro benzene ring substituents is 1. The van der Waals surface area contributed by atoms with E-state index in [1.54, 1.807) is 37.3 Å². The van der Waals surface area contributed by atoms with E-state index in [0.717, 1.165) is 17.8 Å². The van der Waals surface area contributed by atoms with E-state index in [4.69, 9.17) is 9.47 Å². The van der Waals surface area contributed by atoms with Crippen LogP contribution in [-0.4, -0.2) is 28.7 Å². The molecule has 2 heterocycles. The Morgan fingerprint density at radius 2 is 2.03 bits per heavy atom. The summed E-state index contributed by atoms with van der Waals surface area (Å²) in [7, 11) is 0. The normalized spacial score (nSPS) is 15.1. The third kappa shape index (κ3) is 5.44. The van der Waals surface area contributed by atoms with Crippen LogP contribution < -0.4 is 19.6 Å². The number of non-ortho nitro benzene ring substituents is 1.